The summed E-state index contributed by atoms with van der Waals surface area (Å²) in [6, 6.07) is 0. The normalized spacial score (nSPS) is 30.0. The van der Waals surface area contributed by atoms with Crippen molar-refractivity contribution in [2.24, 2.45) is 0 Å². The zero-order valence-electron chi connectivity index (χ0n) is 15.1. The van der Waals surface area contributed by atoms with Crippen LogP contribution >= 0.6 is 0 Å². The molecule has 1 rings (SSSR count). The molecule has 0 aromatic heterocycles. The van der Waals surface area contributed by atoms with Gasteiger partial charge in [-0.05, 0) is 55.4 Å². The SMILES string of the molecule is CC(C)O[C@@H]1O[C@H](OC(C)C)[C@H](OC(C)C)O[C@@H]1OC(C)C. The van der Waals surface area contributed by atoms with Crippen molar-refractivity contribution in [2.45, 2.75) is 105 Å². The molecule has 6 nitrogen and oxygen atoms in total. The zero-order valence-corrected chi connectivity index (χ0v) is 15.1. The Labute approximate surface area is 134 Å². The molecule has 0 spiro atoms. The van der Waals surface area contributed by atoms with Gasteiger partial charge in [0.05, 0.1) is 24.4 Å². The van der Waals surface area contributed by atoms with Crippen LogP contribution in [0.4, 0.5) is 0 Å². The van der Waals surface area contributed by atoms with E-state index in [1.165, 1.54) is 0 Å². The third kappa shape index (κ3) is 6.89. The third-order valence-corrected chi connectivity index (χ3v) is 2.61. The first-order valence-electron chi connectivity index (χ1n) is 8.11. The maximum absolute atomic E-state index is 5.92. The predicted octanol–water partition coefficient (Wildman–Crippen LogP) is 3.04. The van der Waals surface area contributed by atoms with Gasteiger partial charge in [-0.1, -0.05) is 0 Å². The standard InChI is InChI=1S/C16H32O6/c1-9(2)17-13-14(18-10(3)4)22-16(20-12(7)8)15(21-13)19-11(5)6/h9-16H,1-8H3/t13-,14+,15+,16-. The van der Waals surface area contributed by atoms with Crippen LogP contribution in [0.2, 0.25) is 0 Å². The largest absolute Gasteiger partial charge is 0.345 e. The predicted molar refractivity (Wildman–Crippen MR) is 82.2 cm³/mol. The Bertz CT molecular complexity index is 247. The van der Waals surface area contributed by atoms with Gasteiger partial charge in [0.1, 0.15) is 0 Å². The Morgan fingerprint density at radius 3 is 0.773 bits per heavy atom. The van der Waals surface area contributed by atoms with Crippen molar-refractivity contribution in [1.82, 2.24) is 0 Å². The lowest BCUT2D eigenvalue weighted by Crippen LogP contribution is -2.55. The smallest absolute Gasteiger partial charge is 0.212 e. The molecule has 0 aromatic rings. The van der Waals surface area contributed by atoms with Crippen molar-refractivity contribution in [3.63, 3.8) is 0 Å². The van der Waals surface area contributed by atoms with Gasteiger partial charge in [0.25, 0.3) is 0 Å². The lowest BCUT2D eigenvalue weighted by molar-refractivity contribution is -0.450. The zero-order chi connectivity index (χ0) is 16.9. The Hall–Kier alpha value is -0.240. The van der Waals surface area contributed by atoms with E-state index in [9.17, 15) is 0 Å². The highest BCUT2D eigenvalue weighted by molar-refractivity contribution is 4.68. The Balaban J connectivity index is 2.83. The lowest BCUT2D eigenvalue weighted by atomic mass is 10.4. The van der Waals surface area contributed by atoms with E-state index in [0.29, 0.717) is 0 Å². The molecule has 6 heteroatoms. The van der Waals surface area contributed by atoms with Crippen LogP contribution in [0, 0.1) is 0 Å². The van der Waals surface area contributed by atoms with Crippen molar-refractivity contribution < 1.29 is 28.4 Å². The van der Waals surface area contributed by atoms with Crippen LogP contribution in [0.1, 0.15) is 55.4 Å². The molecule has 1 aliphatic heterocycles. The summed E-state index contributed by atoms with van der Waals surface area (Å²) in [5.74, 6) is 0. The van der Waals surface area contributed by atoms with E-state index in [0.717, 1.165) is 0 Å². The van der Waals surface area contributed by atoms with E-state index in [-0.39, 0.29) is 24.4 Å². The fourth-order valence-electron chi connectivity index (χ4n) is 1.98. The molecule has 0 saturated carbocycles. The van der Waals surface area contributed by atoms with Crippen LogP contribution in [0.3, 0.4) is 0 Å². The molecule has 1 heterocycles. The molecule has 4 atom stereocenters. The highest BCUT2D eigenvalue weighted by atomic mass is 16.9. The summed E-state index contributed by atoms with van der Waals surface area (Å²) in [6.07, 6.45) is -2.70. The van der Waals surface area contributed by atoms with Gasteiger partial charge in [-0.2, -0.15) is 0 Å². The molecule has 0 amide bonds. The van der Waals surface area contributed by atoms with Crippen LogP contribution in [0.5, 0.6) is 0 Å². The van der Waals surface area contributed by atoms with E-state index >= 15 is 0 Å². The fourth-order valence-corrected chi connectivity index (χ4v) is 1.98. The minimum atomic E-state index is -0.654. The Kier molecular flexibility index (Phi) is 8.24. The third-order valence-electron chi connectivity index (χ3n) is 2.61. The molecule has 0 radical (unpaired) electrons. The summed E-state index contributed by atoms with van der Waals surface area (Å²) < 4.78 is 34.9. The van der Waals surface area contributed by atoms with Crippen LogP contribution in [0.25, 0.3) is 0 Å². The minimum absolute atomic E-state index is 0.0193. The maximum atomic E-state index is 5.92. The lowest BCUT2D eigenvalue weighted by Gasteiger charge is -2.42. The van der Waals surface area contributed by atoms with Crippen LogP contribution in [-0.2, 0) is 28.4 Å². The second-order valence-corrected chi connectivity index (χ2v) is 6.49. The van der Waals surface area contributed by atoms with Crippen LogP contribution < -0.4 is 0 Å². The molecule has 0 unspecified atom stereocenters. The first-order chi connectivity index (χ1) is 10.2. The van der Waals surface area contributed by atoms with Gasteiger partial charge in [0, 0.05) is 0 Å². The second kappa shape index (κ2) is 9.15. The molecule has 132 valence electrons. The van der Waals surface area contributed by atoms with Gasteiger partial charge in [0.15, 0.2) is 0 Å². The summed E-state index contributed by atoms with van der Waals surface area (Å²) in [6.45, 7) is 15.5. The quantitative estimate of drug-likeness (QED) is 0.685. The summed E-state index contributed by atoms with van der Waals surface area (Å²) in [7, 11) is 0. The van der Waals surface area contributed by atoms with Crippen molar-refractivity contribution >= 4 is 0 Å². The molecule has 0 aromatic carbocycles. The van der Waals surface area contributed by atoms with E-state index in [1.807, 2.05) is 55.4 Å². The summed E-state index contributed by atoms with van der Waals surface area (Å²) in [4.78, 5) is 0. The Morgan fingerprint density at radius 2 is 0.636 bits per heavy atom. The first kappa shape index (κ1) is 19.8. The van der Waals surface area contributed by atoms with Crippen LogP contribution in [0.15, 0.2) is 0 Å². The molecule has 1 saturated heterocycles. The molecule has 1 aliphatic rings. The molecule has 0 N–H and O–H groups in total. The molecule has 22 heavy (non-hydrogen) atoms. The molecule has 0 aliphatic carbocycles. The van der Waals surface area contributed by atoms with E-state index in [2.05, 4.69) is 0 Å². The van der Waals surface area contributed by atoms with Crippen LogP contribution in [-0.4, -0.2) is 49.6 Å². The fraction of sp³-hybridized carbons (Fsp3) is 1.00. The summed E-state index contributed by atoms with van der Waals surface area (Å²) in [5, 5.41) is 0. The average molecular weight is 320 g/mol. The molecular formula is C16H32O6. The Morgan fingerprint density at radius 1 is 0.455 bits per heavy atom. The summed E-state index contributed by atoms with van der Waals surface area (Å²) >= 11 is 0. The monoisotopic (exact) mass is 320 g/mol. The highest BCUT2D eigenvalue weighted by Crippen LogP contribution is 2.27. The average Bonchev–Trinajstić information content (AvgIpc) is 2.31. The number of rotatable bonds is 8. The van der Waals surface area contributed by atoms with Gasteiger partial charge in [-0.15, -0.1) is 0 Å². The molecular weight excluding hydrogens is 288 g/mol. The van der Waals surface area contributed by atoms with Gasteiger partial charge in [-0.3, -0.25) is 0 Å². The molecule has 1 fully saturated rings. The van der Waals surface area contributed by atoms with E-state index < -0.39 is 25.2 Å². The number of hydrogen-bond donors (Lipinski definition) is 0. The first-order valence-corrected chi connectivity index (χ1v) is 8.11. The van der Waals surface area contributed by atoms with Gasteiger partial charge in [0.2, 0.25) is 25.2 Å². The van der Waals surface area contributed by atoms with Gasteiger partial charge in [-0.25, -0.2) is 0 Å². The highest BCUT2D eigenvalue weighted by Gasteiger charge is 2.43. The van der Waals surface area contributed by atoms with E-state index in [1.54, 1.807) is 0 Å². The van der Waals surface area contributed by atoms with Gasteiger partial charge >= 0.3 is 0 Å². The summed E-state index contributed by atoms with van der Waals surface area (Å²) in [5.41, 5.74) is 0. The molecule has 0 bridgehead atoms. The second-order valence-electron chi connectivity index (χ2n) is 6.49. The van der Waals surface area contributed by atoms with Crippen molar-refractivity contribution in [2.75, 3.05) is 0 Å². The maximum Gasteiger partial charge on any atom is 0.212 e. The van der Waals surface area contributed by atoms with Crippen molar-refractivity contribution in [3.05, 3.63) is 0 Å². The van der Waals surface area contributed by atoms with Crippen molar-refractivity contribution in [1.29, 1.82) is 0 Å². The van der Waals surface area contributed by atoms with Gasteiger partial charge < -0.3 is 28.4 Å². The van der Waals surface area contributed by atoms with E-state index in [4.69, 9.17) is 28.4 Å². The van der Waals surface area contributed by atoms with Crippen molar-refractivity contribution in [3.8, 4) is 0 Å². The number of hydrogen-bond acceptors (Lipinski definition) is 6. The minimum Gasteiger partial charge on any atom is -0.345 e. The number of ether oxygens (including phenoxy) is 6. The topological polar surface area (TPSA) is 55.4 Å².